The predicted molar refractivity (Wildman–Crippen MR) is 89.0 cm³/mol. The first kappa shape index (κ1) is 17.2. The normalized spacial score (nSPS) is 13.3. The third kappa shape index (κ3) is 4.94. The number of amides is 2. The van der Waals surface area contributed by atoms with Crippen LogP contribution in [0.1, 0.15) is 17.6 Å². The van der Waals surface area contributed by atoms with Gasteiger partial charge < -0.3 is 19.8 Å². The molecule has 1 aromatic carbocycles. The summed E-state index contributed by atoms with van der Waals surface area (Å²) >= 11 is 0. The molecular weight excluding hydrogens is 316 g/mol. The molecule has 2 atom stereocenters. The first-order valence-corrected chi connectivity index (χ1v) is 8.61. The summed E-state index contributed by atoms with van der Waals surface area (Å²) in [5.74, 6) is 1.39. The molecule has 0 spiro atoms. The Kier molecular flexibility index (Phi) is 5.95. The molecule has 2 rings (SSSR count). The molecule has 0 aliphatic rings. The van der Waals surface area contributed by atoms with Crippen LogP contribution in [0.3, 0.4) is 0 Å². The monoisotopic (exact) mass is 336 g/mol. The average molecular weight is 336 g/mol. The van der Waals surface area contributed by atoms with Gasteiger partial charge in [-0.15, -0.1) is 0 Å². The summed E-state index contributed by atoms with van der Waals surface area (Å²) < 4.78 is 22.2. The number of benzene rings is 1. The molecule has 0 saturated carbocycles. The number of furan rings is 1. The van der Waals surface area contributed by atoms with Crippen molar-refractivity contribution in [2.75, 3.05) is 25.3 Å². The van der Waals surface area contributed by atoms with Gasteiger partial charge in [-0.2, -0.15) is 0 Å². The van der Waals surface area contributed by atoms with Crippen LogP contribution in [0.4, 0.5) is 10.5 Å². The number of aryl methyl sites for hydroxylation is 1. The molecule has 2 N–H and O–H groups in total. The SMILES string of the molecule is COC[C@H](NC(=O)Nc1cccc([S@](C)=O)c1)c1ccc(C)o1. The Morgan fingerprint density at radius 1 is 1.35 bits per heavy atom. The van der Waals surface area contributed by atoms with Gasteiger partial charge in [-0.05, 0) is 37.3 Å². The van der Waals surface area contributed by atoms with Crippen molar-refractivity contribution in [2.45, 2.75) is 17.9 Å². The molecule has 0 aliphatic heterocycles. The van der Waals surface area contributed by atoms with Crippen molar-refractivity contribution in [1.29, 1.82) is 0 Å². The van der Waals surface area contributed by atoms with Crippen LogP contribution in [0.5, 0.6) is 0 Å². The van der Waals surface area contributed by atoms with Gasteiger partial charge in [0.15, 0.2) is 0 Å². The maximum Gasteiger partial charge on any atom is 0.319 e. The van der Waals surface area contributed by atoms with E-state index in [-0.39, 0.29) is 6.03 Å². The lowest BCUT2D eigenvalue weighted by atomic mass is 10.2. The molecule has 0 bridgehead atoms. The molecule has 0 aliphatic carbocycles. The van der Waals surface area contributed by atoms with Gasteiger partial charge >= 0.3 is 6.03 Å². The first-order valence-electron chi connectivity index (χ1n) is 7.06. The van der Waals surface area contributed by atoms with E-state index < -0.39 is 16.8 Å². The van der Waals surface area contributed by atoms with Gasteiger partial charge in [0, 0.05) is 34.7 Å². The van der Waals surface area contributed by atoms with Crippen LogP contribution in [-0.2, 0) is 15.5 Å². The second kappa shape index (κ2) is 7.94. The number of ether oxygens (including phenoxy) is 1. The highest BCUT2D eigenvalue weighted by Gasteiger charge is 2.18. The summed E-state index contributed by atoms with van der Waals surface area (Å²) in [6.07, 6.45) is 1.59. The summed E-state index contributed by atoms with van der Waals surface area (Å²) in [4.78, 5) is 12.8. The minimum Gasteiger partial charge on any atom is -0.464 e. The quantitative estimate of drug-likeness (QED) is 0.850. The van der Waals surface area contributed by atoms with Crippen molar-refractivity contribution in [3.8, 4) is 0 Å². The Balaban J connectivity index is 2.04. The van der Waals surface area contributed by atoms with Crippen molar-refractivity contribution in [3.63, 3.8) is 0 Å². The van der Waals surface area contributed by atoms with Gasteiger partial charge in [-0.1, -0.05) is 6.07 Å². The topological polar surface area (TPSA) is 80.6 Å². The number of nitrogens with one attached hydrogen (secondary N) is 2. The molecule has 124 valence electrons. The van der Waals surface area contributed by atoms with E-state index in [2.05, 4.69) is 10.6 Å². The highest BCUT2D eigenvalue weighted by Crippen LogP contribution is 2.18. The van der Waals surface area contributed by atoms with Gasteiger partial charge in [0.1, 0.15) is 17.6 Å². The molecule has 1 aromatic heterocycles. The van der Waals surface area contributed by atoms with Crippen LogP contribution in [-0.4, -0.2) is 30.2 Å². The molecule has 2 amide bonds. The number of carbonyl (C=O) groups is 1. The Bertz CT molecular complexity index is 699. The van der Waals surface area contributed by atoms with Gasteiger partial charge in [0.05, 0.1) is 6.61 Å². The maximum absolute atomic E-state index is 12.2. The molecule has 2 aromatic rings. The van der Waals surface area contributed by atoms with Crippen molar-refractivity contribution in [2.24, 2.45) is 0 Å². The summed E-state index contributed by atoms with van der Waals surface area (Å²) in [7, 11) is 0.456. The van der Waals surface area contributed by atoms with Gasteiger partial charge in [0.2, 0.25) is 0 Å². The minimum atomic E-state index is -1.10. The smallest absolute Gasteiger partial charge is 0.319 e. The van der Waals surface area contributed by atoms with Crippen molar-refractivity contribution in [3.05, 3.63) is 47.9 Å². The maximum atomic E-state index is 12.2. The molecule has 0 unspecified atom stereocenters. The predicted octanol–water partition coefficient (Wildman–Crippen LogP) is 2.83. The Labute approximate surface area is 137 Å². The zero-order chi connectivity index (χ0) is 16.8. The zero-order valence-corrected chi connectivity index (χ0v) is 14.1. The highest BCUT2D eigenvalue weighted by atomic mass is 32.2. The third-order valence-corrected chi connectivity index (χ3v) is 4.08. The van der Waals surface area contributed by atoms with E-state index in [4.69, 9.17) is 9.15 Å². The second-order valence-electron chi connectivity index (χ2n) is 5.04. The number of carbonyl (C=O) groups excluding carboxylic acids is 1. The summed E-state index contributed by atoms with van der Waals surface area (Å²) in [5.41, 5.74) is 0.571. The lowest BCUT2D eigenvalue weighted by Crippen LogP contribution is -2.34. The number of anilines is 1. The number of rotatable bonds is 6. The lowest BCUT2D eigenvalue weighted by molar-refractivity contribution is 0.158. The molecule has 0 fully saturated rings. The Hall–Kier alpha value is -2.12. The Morgan fingerprint density at radius 2 is 2.13 bits per heavy atom. The largest absolute Gasteiger partial charge is 0.464 e. The molecule has 1 heterocycles. The molecular formula is C16H20N2O4S. The fourth-order valence-corrected chi connectivity index (χ4v) is 2.64. The van der Waals surface area contributed by atoms with Crippen LogP contribution in [0.2, 0.25) is 0 Å². The van der Waals surface area contributed by atoms with Gasteiger partial charge in [-0.3, -0.25) is 4.21 Å². The third-order valence-electron chi connectivity index (χ3n) is 3.17. The van der Waals surface area contributed by atoms with Crippen LogP contribution in [0.25, 0.3) is 0 Å². The van der Waals surface area contributed by atoms with Crippen molar-refractivity contribution in [1.82, 2.24) is 5.32 Å². The van der Waals surface area contributed by atoms with E-state index in [0.29, 0.717) is 22.9 Å². The minimum absolute atomic E-state index is 0.291. The van der Waals surface area contributed by atoms with Crippen molar-refractivity contribution < 1.29 is 18.2 Å². The molecule has 0 radical (unpaired) electrons. The number of urea groups is 1. The van der Waals surface area contributed by atoms with E-state index >= 15 is 0 Å². The number of hydrogen-bond donors (Lipinski definition) is 2. The summed E-state index contributed by atoms with van der Waals surface area (Å²) in [6.45, 7) is 2.13. The van der Waals surface area contributed by atoms with Gasteiger partial charge in [-0.25, -0.2) is 4.79 Å². The van der Waals surface area contributed by atoms with E-state index in [9.17, 15) is 9.00 Å². The molecule has 0 saturated heterocycles. The Morgan fingerprint density at radius 3 is 2.74 bits per heavy atom. The zero-order valence-electron chi connectivity index (χ0n) is 13.3. The van der Waals surface area contributed by atoms with E-state index in [1.165, 1.54) is 0 Å². The fraction of sp³-hybridized carbons (Fsp3) is 0.312. The highest BCUT2D eigenvalue weighted by molar-refractivity contribution is 7.84. The average Bonchev–Trinajstić information content (AvgIpc) is 2.93. The van der Waals surface area contributed by atoms with Gasteiger partial charge in [0.25, 0.3) is 0 Å². The van der Waals surface area contributed by atoms with E-state index in [1.807, 2.05) is 13.0 Å². The number of hydrogen-bond acceptors (Lipinski definition) is 4. The molecule has 23 heavy (non-hydrogen) atoms. The van der Waals surface area contributed by atoms with Crippen LogP contribution in [0.15, 0.2) is 45.7 Å². The first-order chi connectivity index (χ1) is 11.0. The fourth-order valence-electron chi connectivity index (χ4n) is 2.08. The lowest BCUT2D eigenvalue weighted by Gasteiger charge is -2.16. The van der Waals surface area contributed by atoms with Crippen LogP contribution >= 0.6 is 0 Å². The number of methoxy groups -OCH3 is 1. The van der Waals surface area contributed by atoms with Crippen LogP contribution in [0, 0.1) is 6.92 Å². The summed E-state index contributed by atoms with van der Waals surface area (Å²) in [6, 6.07) is 9.76. The molecule has 7 heteroatoms. The standard InChI is InChI=1S/C16H20N2O4S/c1-11-7-8-15(22-11)14(10-21-2)18-16(19)17-12-5-4-6-13(9-12)23(3)20/h4-9,14H,10H2,1-3H3,(H2,17,18,19)/t14-,23-/m0/s1. The summed E-state index contributed by atoms with van der Waals surface area (Å²) in [5, 5.41) is 5.52. The molecule has 6 nitrogen and oxygen atoms in total. The van der Waals surface area contributed by atoms with E-state index in [1.54, 1.807) is 43.7 Å². The van der Waals surface area contributed by atoms with Crippen molar-refractivity contribution >= 4 is 22.5 Å². The van der Waals surface area contributed by atoms with Crippen LogP contribution < -0.4 is 10.6 Å². The second-order valence-corrected chi connectivity index (χ2v) is 6.42. The van der Waals surface area contributed by atoms with E-state index in [0.717, 1.165) is 5.76 Å².